The van der Waals surface area contributed by atoms with Crippen LogP contribution >= 0.6 is 0 Å². The molecule has 0 aromatic heterocycles. The first-order valence-corrected chi connectivity index (χ1v) is 9.04. The van der Waals surface area contributed by atoms with Gasteiger partial charge in [0.05, 0.1) is 7.11 Å². The van der Waals surface area contributed by atoms with E-state index >= 15 is 0 Å². The van der Waals surface area contributed by atoms with E-state index in [-0.39, 0.29) is 19.3 Å². The summed E-state index contributed by atoms with van der Waals surface area (Å²) >= 11 is 0. The van der Waals surface area contributed by atoms with Crippen LogP contribution in [0.4, 0.5) is 4.79 Å². The minimum absolute atomic E-state index is 0.0117. The zero-order valence-corrected chi connectivity index (χ0v) is 15.8. The van der Waals surface area contributed by atoms with E-state index in [4.69, 9.17) is 4.84 Å². The maximum atomic E-state index is 12.5. The predicted molar refractivity (Wildman–Crippen MR) is 102 cm³/mol. The molecule has 3 rings (SSSR count). The van der Waals surface area contributed by atoms with Crippen LogP contribution in [-0.4, -0.2) is 42.1 Å². The molecule has 3 amide bonds. The average Bonchev–Trinajstić information content (AvgIpc) is 3.06. The smallest absolute Gasteiger partial charge is 0.407 e. The van der Waals surface area contributed by atoms with Gasteiger partial charge in [0.15, 0.2) is 0 Å². The van der Waals surface area contributed by atoms with Crippen LogP contribution < -0.4 is 5.32 Å². The highest BCUT2D eigenvalue weighted by Crippen LogP contribution is 2.20. The van der Waals surface area contributed by atoms with Crippen LogP contribution in [-0.2, 0) is 30.4 Å². The molecule has 1 N–H and O–H groups in total. The van der Waals surface area contributed by atoms with E-state index in [2.05, 4.69) is 10.1 Å². The summed E-state index contributed by atoms with van der Waals surface area (Å²) < 4.78 is 4.55. The van der Waals surface area contributed by atoms with Gasteiger partial charge < -0.3 is 14.9 Å². The van der Waals surface area contributed by atoms with Crippen LogP contribution in [0.2, 0.25) is 0 Å². The van der Waals surface area contributed by atoms with Gasteiger partial charge in [0.1, 0.15) is 6.04 Å². The monoisotopic (exact) mass is 396 g/mol. The van der Waals surface area contributed by atoms with Gasteiger partial charge >= 0.3 is 12.1 Å². The fraction of sp³-hybridized carbons (Fsp3) is 0.238. The minimum atomic E-state index is -1.13. The summed E-state index contributed by atoms with van der Waals surface area (Å²) in [5.41, 5.74) is 2.80. The highest BCUT2D eigenvalue weighted by Gasteiger charge is 2.35. The van der Waals surface area contributed by atoms with Crippen molar-refractivity contribution >= 4 is 23.9 Å². The quantitative estimate of drug-likeness (QED) is 0.752. The second kappa shape index (κ2) is 9.01. The molecule has 0 spiro atoms. The van der Waals surface area contributed by atoms with E-state index in [0.29, 0.717) is 5.06 Å². The molecule has 1 saturated heterocycles. The molecule has 2 aromatic carbocycles. The van der Waals surface area contributed by atoms with Gasteiger partial charge in [-0.05, 0) is 16.7 Å². The molecule has 2 aromatic rings. The molecule has 0 bridgehead atoms. The zero-order chi connectivity index (χ0) is 20.8. The maximum Gasteiger partial charge on any atom is 0.407 e. The first-order chi connectivity index (χ1) is 14.0. The first-order valence-electron chi connectivity index (χ1n) is 9.04. The number of ether oxygens (including phenoxy) is 1. The molecular formula is C21H20N2O6. The Hall–Kier alpha value is -3.68. The highest BCUT2D eigenvalue weighted by molar-refractivity contribution is 6.01. The van der Waals surface area contributed by atoms with Crippen molar-refractivity contribution in [2.75, 3.05) is 7.11 Å². The first kappa shape index (κ1) is 20.1. The lowest BCUT2D eigenvalue weighted by atomic mass is 10.0. The number of hydrogen-bond donors (Lipinski definition) is 1. The predicted octanol–water partition coefficient (Wildman–Crippen LogP) is 2.23. The van der Waals surface area contributed by atoms with Crippen LogP contribution in [0.5, 0.6) is 0 Å². The van der Waals surface area contributed by atoms with E-state index in [1.54, 1.807) is 0 Å². The van der Waals surface area contributed by atoms with E-state index in [1.807, 2.05) is 54.6 Å². The lowest BCUT2D eigenvalue weighted by Crippen LogP contribution is -2.46. The number of nitrogens with one attached hydrogen (secondary N) is 1. The summed E-state index contributed by atoms with van der Waals surface area (Å²) in [5.74, 6) is -2.11. The van der Waals surface area contributed by atoms with E-state index in [1.165, 1.54) is 7.11 Å². The Balaban J connectivity index is 1.73. The summed E-state index contributed by atoms with van der Waals surface area (Å²) in [6.07, 6.45) is -0.754. The van der Waals surface area contributed by atoms with Gasteiger partial charge in [0, 0.05) is 19.3 Å². The molecule has 1 atom stereocenters. The minimum Gasteiger partial charge on any atom is -0.453 e. The van der Waals surface area contributed by atoms with Crippen LogP contribution in [0.1, 0.15) is 18.4 Å². The molecule has 8 nitrogen and oxygen atoms in total. The molecule has 0 unspecified atom stereocenters. The Morgan fingerprint density at radius 2 is 1.55 bits per heavy atom. The van der Waals surface area contributed by atoms with E-state index in [9.17, 15) is 19.2 Å². The molecule has 0 radical (unpaired) electrons. The second-order valence-electron chi connectivity index (χ2n) is 6.45. The topological polar surface area (TPSA) is 102 Å². The summed E-state index contributed by atoms with van der Waals surface area (Å²) in [6.45, 7) is 0. The third kappa shape index (κ3) is 4.98. The summed E-state index contributed by atoms with van der Waals surface area (Å²) in [5, 5.41) is 2.83. The molecule has 0 saturated carbocycles. The van der Waals surface area contributed by atoms with Gasteiger partial charge in [-0.25, -0.2) is 9.59 Å². The van der Waals surface area contributed by atoms with Gasteiger partial charge in [-0.15, -0.1) is 5.06 Å². The molecule has 1 heterocycles. The Bertz CT molecular complexity index is 895. The van der Waals surface area contributed by atoms with Crippen molar-refractivity contribution in [2.45, 2.75) is 25.3 Å². The van der Waals surface area contributed by atoms with Gasteiger partial charge in [0.25, 0.3) is 11.8 Å². The van der Waals surface area contributed by atoms with Crippen molar-refractivity contribution in [3.8, 4) is 11.1 Å². The number of carbonyl (C=O) groups excluding carboxylic acids is 4. The molecule has 1 fully saturated rings. The Morgan fingerprint density at radius 3 is 2.14 bits per heavy atom. The van der Waals surface area contributed by atoms with Crippen LogP contribution in [0, 0.1) is 0 Å². The van der Waals surface area contributed by atoms with Crippen LogP contribution in [0.3, 0.4) is 0 Å². The number of amides is 3. The highest BCUT2D eigenvalue weighted by atomic mass is 16.7. The van der Waals surface area contributed by atoms with Crippen molar-refractivity contribution in [3.63, 3.8) is 0 Å². The van der Waals surface area contributed by atoms with Gasteiger partial charge in [0.2, 0.25) is 0 Å². The largest absolute Gasteiger partial charge is 0.453 e. The number of nitrogens with zero attached hydrogens (tertiary/aromatic N) is 1. The normalized spacial score (nSPS) is 14.4. The average molecular weight is 396 g/mol. The molecule has 150 valence electrons. The number of benzene rings is 2. The zero-order valence-electron chi connectivity index (χ0n) is 15.8. The molecule has 1 aliphatic heterocycles. The van der Waals surface area contributed by atoms with Crippen molar-refractivity contribution < 1.29 is 28.8 Å². The number of rotatable bonds is 6. The Labute approximate surface area is 167 Å². The standard InChI is InChI=1S/C21H20N2O6/c1-28-21(27)22-17(20(26)29-23-18(24)11-12-19(23)25)13-14-7-9-16(10-8-14)15-5-3-2-4-6-15/h2-10,17H,11-13H2,1H3,(H,22,27)/t17-/m0/s1. The molecule has 8 heteroatoms. The van der Waals surface area contributed by atoms with Crippen molar-refractivity contribution in [3.05, 3.63) is 60.2 Å². The third-order valence-electron chi connectivity index (χ3n) is 4.45. The summed E-state index contributed by atoms with van der Waals surface area (Å²) in [7, 11) is 1.17. The van der Waals surface area contributed by atoms with Gasteiger partial charge in [-0.3, -0.25) is 9.59 Å². The van der Waals surface area contributed by atoms with E-state index < -0.39 is 29.9 Å². The number of hydrogen-bond acceptors (Lipinski definition) is 6. The summed E-state index contributed by atoms with van der Waals surface area (Å²) in [6, 6.07) is 16.1. The SMILES string of the molecule is COC(=O)N[C@@H](Cc1ccc(-c2ccccc2)cc1)C(=O)ON1C(=O)CCC1=O. The molecule has 0 aliphatic carbocycles. The Morgan fingerprint density at radius 1 is 0.966 bits per heavy atom. The fourth-order valence-corrected chi connectivity index (χ4v) is 2.91. The van der Waals surface area contributed by atoms with Crippen molar-refractivity contribution in [2.24, 2.45) is 0 Å². The lowest BCUT2D eigenvalue weighted by Gasteiger charge is -2.19. The molecule has 1 aliphatic rings. The van der Waals surface area contributed by atoms with Crippen LogP contribution in [0.15, 0.2) is 54.6 Å². The number of hydroxylamine groups is 2. The maximum absolute atomic E-state index is 12.5. The number of alkyl carbamates (subject to hydrolysis) is 1. The third-order valence-corrected chi connectivity index (χ3v) is 4.45. The fourth-order valence-electron chi connectivity index (χ4n) is 2.91. The summed E-state index contributed by atoms with van der Waals surface area (Å²) in [4.78, 5) is 52.4. The van der Waals surface area contributed by atoms with Crippen LogP contribution in [0.25, 0.3) is 11.1 Å². The second-order valence-corrected chi connectivity index (χ2v) is 6.45. The van der Waals surface area contributed by atoms with Crippen molar-refractivity contribution in [1.82, 2.24) is 10.4 Å². The molecular weight excluding hydrogens is 376 g/mol. The molecule has 29 heavy (non-hydrogen) atoms. The van der Waals surface area contributed by atoms with Gasteiger partial charge in [-0.2, -0.15) is 0 Å². The Kier molecular flexibility index (Phi) is 6.23. The van der Waals surface area contributed by atoms with Crippen molar-refractivity contribution in [1.29, 1.82) is 0 Å². The number of carbonyl (C=O) groups is 4. The number of imide groups is 1. The van der Waals surface area contributed by atoms with E-state index in [0.717, 1.165) is 16.7 Å². The lowest BCUT2D eigenvalue weighted by molar-refractivity contribution is -0.198. The van der Waals surface area contributed by atoms with Gasteiger partial charge in [-0.1, -0.05) is 54.6 Å². The number of methoxy groups -OCH3 is 1.